The van der Waals surface area contributed by atoms with E-state index in [0.29, 0.717) is 0 Å². The summed E-state index contributed by atoms with van der Waals surface area (Å²) in [6.45, 7) is 42.7. The molecule has 1 unspecified atom stereocenters. The van der Waals surface area contributed by atoms with Crippen LogP contribution in [0.15, 0.2) is 12.1 Å². The fourth-order valence-corrected chi connectivity index (χ4v) is 10.3. The van der Waals surface area contributed by atoms with E-state index in [1.54, 1.807) is 11.1 Å². The third-order valence-electron chi connectivity index (χ3n) is 13.4. The molecule has 4 nitrogen and oxygen atoms in total. The van der Waals surface area contributed by atoms with Gasteiger partial charge in [0.2, 0.25) is 0 Å². The number of rotatable bonds is 4. The molecule has 298 valence electrons. The van der Waals surface area contributed by atoms with E-state index in [-0.39, 0.29) is 26.3 Å². The Morgan fingerprint density at radius 2 is 0.964 bits per heavy atom. The Morgan fingerprint density at radius 3 is 1.35 bits per heavy atom. The van der Waals surface area contributed by atoms with Gasteiger partial charge in [0, 0.05) is 5.41 Å². The van der Waals surface area contributed by atoms with E-state index < -0.39 is 51.0 Å². The molecule has 2 aliphatic carbocycles. The summed E-state index contributed by atoms with van der Waals surface area (Å²) < 4.78 is 65.5. The number of fused-ring (bicyclic) bond motifs is 4. The second-order valence-electron chi connectivity index (χ2n) is 20.3. The van der Waals surface area contributed by atoms with Crippen molar-refractivity contribution < 1.29 is 26.4 Å². The van der Waals surface area contributed by atoms with Gasteiger partial charge < -0.3 is 8.85 Å². The van der Waals surface area contributed by atoms with Crippen molar-refractivity contribution >= 4 is 16.6 Å². The average molecular weight is 793 g/mol. The zero-order valence-electron chi connectivity index (χ0n) is 36.3. The van der Waals surface area contributed by atoms with Crippen LogP contribution in [0.25, 0.3) is 0 Å². The maximum Gasteiger partial charge on any atom is 0.250 e. The van der Waals surface area contributed by atoms with Crippen molar-refractivity contribution in [2.24, 2.45) is 0 Å². The van der Waals surface area contributed by atoms with Gasteiger partial charge in [-0.3, -0.25) is 0 Å². The summed E-state index contributed by atoms with van der Waals surface area (Å²) >= 11 is 0. The van der Waals surface area contributed by atoms with Gasteiger partial charge in [0.05, 0.1) is 0 Å². The molecule has 0 saturated carbocycles. The molecule has 0 bridgehead atoms. The predicted molar refractivity (Wildman–Crippen MR) is 219 cm³/mol. The molecular weight excluding hydrogens is 733 g/mol. The van der Waals surface area contributed by atoms with E-state index in [9.17, 15) is 17.6 Å². The molecule has 0 amide bonds. The van der Waals surface area contributed by atoms with Crippen LogP contribution in [-0.4, -0.2) is 16.6 Å². The normalized spacial score (nSPS) is 18.5. The Bertz CT molecular complexity index is 2090. The molecule has 0 aromatic heterocycles. The van der Waals surface area contributed by atoms with Gasteiger partial charge in [-0.15, -0.1) is 0 Å². The van der Waals surface area contributed by atoms with Crippen LogP contribution in [-0.2, 0) is 16.2 Å². The smallest absolute Gasteiger partial charge is 0.250 e. The summed E-state index contributed by atoms with van der Waals surface area (Å²) in [7, 11) is -4.25. The van der Waals surface area contributed by atoms with E-state index in [1.165, 1.54) is 33.4 Å². The number of aryl methyl sites for hydroxylation is 1. The second kappa shape index (κ2) is 13.8. The van der Waals surface area contributed by atoms with Gasteiger partial charge in [-0.05, 0) is 138 Å². The van der Waals surface area contributed by atoms with Crippen LogP contribution in [0.4, 0.5) is 17.6 Å². The summed E-state index contributed by atoms with van der Waals surface area (Å²) in [5.41, 5.74) is 9.17. The highest BCUT2D eigenvalue weighted by Crippen LogP contribution is 2.66. The van der Waals surface area contributed by atoms with Crippen LogP contribution < -0.4 is 8.85 Å². The Kier molecular flexibility index (Phi) is 11.1. The standard InChI is InChI=1S/C37H60O2Si2.C8F4N2/c1-23-19-27-30(25(3)24(23)2)37(21-35(27,11)12)22-36(13,14)28-20-29(38-40(15,16)33(5,6)7)32(26(4)31(28)37)39-41(17,18)34(8,9)10;9-5-3(1-13)6(10)8(12)4(2-14)7(5)11/h19-20H,21-22H2,1-18H3;. The molecule has 2 aliphatic rings. The van der Waals surface area contributed by atoms with Gasteiger partial charge >= 0.3 is 0 Å². The molecule has 10 heteroatoms. The highest BCUT2D eigenvalue weighted by molar-refractivity contribution is 6.75. The maximum atomic E-state index is 12.7. The molecule has 0 fully saturated rings. The first-order valence-electron chi connectivity index (χ1n) is 19.1. The van der Waals surface area contributed by atoms with E-state index >= 15 is 0 Å². The van der Waals surface area contributed by atoms with Gasteiger partial charge in [-0.1, -0.05) is 75.3 Å². The predicted octanol–water partition coefficient (Wildman–Crippen LogP) is 13.3. The Balaban J connectivity index is 0.000000404. The van der Waals surface area contributed by atoms with E-state index in [1.807, 2.05) is 0 Å². The second-order valence-corrected chi connectivity index (χ2v) is 29.7. The summed E-state index contributed by atoms with van der Waals surface area (Å²) in [6.07, 6.45) is 2.26. The number of benzene rings is 3. The van der Waals surface area contributed by atoms with Crippen LogP contribution in [0.5, 0.6) is 11.5 Å². The van der Waals surface area contributed by atoms with Gasteiger partial charge in [0.1, 0.15) is 34.8 Å². The lowest BCUT2D eigenvalue weighted by molar-refractivity contribution is 0.348. The van der Waals surface area contributed by atoms with Gasteiger partial charge in [-0.25, -0.2) is 17.6 Å². The van der Waals surface area contributed by atoms with Crippen molar-refractivity contribution in [2.75, 3.05) is 0 Å². The van der Waals surface area contributed by atoms with Crippen LogP contribution in [0, 0.1) is 73.6 Å². The van der Waals surface area contributed by atoms with Gasteiger partial charge in [0.25, 0.3) is 16.6 Å². The van der Waals surface area contributed by atoms with Crippen molar-refractivity contribution in [3.8, 4) is 23.6 Å². The summed E-state index contributed by atoms with van der Waals surface area (Å²) in [5.74, 6) is -5.43. The molecule has 55 heavy (non-hydrogen) atoms. The SMILES string of the molecule is Cc1cc2c(c(C)c1C)C1(CC2(C)C)CC(C)(C)c2cc(O[Si](C)(C)C(C)(C)C)c(O[Si](C)(C)C(C)(C)C)c(C)c21.N#Cc1c(F)c(F)c(C#N)c(F)c1F. The van der Waals surface area contributed by atoms with Crippen molar-refractivity contribution in [3.63, 3.8) is 0 Å². The lowest BCUT2D eigenvalue weighted by Crippen LogP contribution is -2.46. The van der Waals surface area contributed by atoms with Crippen molar-refractivity contribution in [1.29, 1.82) is 10.5 Å². The van der Waals surface area contributed by atoms with Crippen molar-refractivity contribution in [1.82, 2.24) is 0 Å². The first-order valence-corrected chi connectivity index (χ1v) is 24.9. The Morgan fingerprint density at radius 1 is 0.600 bits per heavy atom. The lowest BCUT2D eigenvalue weighted by Gasteiger charge is -2.41. The third kappa shape index (κ3) is 7.16. The maximum absolute atomic E-state index is 12.7. The van der Waals surface area contributed by atoms with Crippen LogP contribution in [0.1, 0.15) is 138 Å². The van der Waals surface area contributed by atoms with Crippen LogP contribution >= 0.6 is 0 Å². The number of nitrogens with zero attached hydrogens (tertiary/aromatic N) is 2. The molecule has 1 atom stereocenters. The molecule has 0 N–H and O–H groups in total. The molecule has 0 saturated heterocycles. The fraction of sp³-hybridized carbons (Fsp3) is 0.556. The third-order valence-corrected chi connectivity index (χ3v) is 22.0. The molecule has 0 aliphatic heterocycles. The molecule has 5 rings (SSSR count). The Hall–Kier alpha value is -3.61. The highest BCUT2D eigenvalue weighted by Gasteiger charge is 2.58. The van der Waals surface area contributed by atoms with E-state index in [2.05, 4.69) is 135 Å². The van der Waals surface area contributed by atoms with Gasteiger partial charge in [-0.2, -0.15) is 10.5 Å². The largest absolute Gasteiger partial charge is 0.541 e. The highest BCUT2D eigenvalue weighted by atomic mass is 28.4. The first-order chi connectivity index (χ1) is 24.7. The van der Waals surface area contributed by atoms with Crippen molar-refractivity contribution in [2.45, 2.75) is 162 Å². The average Bonchev–Trinajstić information content (AvgIpc) is 3.38. The number of hydrogen-bond acceptors (Lipinski definition) is 4. The topological polar surface area (TPSA) is 66.0 Å². The molecule has 3 aromatic rings. The minimum atomic E-state index is -2.14. The minimum Gasteiger partial charge on any atom is -0.541 e. The van der Waals surface area contributed by atoms with Crippen LogP contribution in [0.3, 0.4) is 0 Å². The molecule has 0 radical (unpaired) electrons. The number of nitriles is 2. The molecule has 0 heterocycles. The van der Waals surface area contributed by atoms with E-state index in [4.69, 9.17) is 19.4 Å². The quantitative estimate of drug-likeness (QED) is 0.150. The summed E-state index contributed by atoms with van der Waals surface area (Å²) in [4.78, 5) is 0. The van der Waals surface area contributed by atoms with Crippen LogP contribution in [0.2, 0.25) is 36.3 Å². The minimum absolute atomic E-state index is 0.0225. The zero-order valence-corrected chi connectivity index (χ0v) is 38.3. The molecular formula is C45H60F4N2O2Si2. The number of halogens is 4. The van der Waals surface area contributed by atoms with E-state index in [0.717, 1.165) is 36.5 Å². The summed E-state index contributed by atoms with van der Waals surface area (Å²) in [6, 6.07) is 6.85. The van der Waals surface area contributed by atoms with Gasteiger partial charge in [0.15, 0.2) is 23.3 Å². The Labute approximate surface area is 329 Å². The molecule has 3 aromatic carbocycles. The molecule has 1 spiro atoms. The zero-order chi connectivity index (χ0) is 42.4. The van der Waals surface area contributed by atoms with Crippen molar-refractivity contribution in [3.05, 3.63) is 91.0 Å². The fourth-order valence-electron chi connectivity index (χ4n) is 8.26. The first kappa shape index (κ1) is 44.1. The monoisotopic (exact) mass is 792 g/mol. The lowest BCUT2D eigenvalue weighted by atomic mass is 9.70. The number of hydrogen-bond donors (Lipinski definition) is 0. The summed E-state index contributed by atoms with van der Waals surface area (Å²) in [5, 5.41) is 16.5.